The van der Waals surface area contributed by atoms with Crippen LogP contribution in [0, 0.1) is 13.8 Å². The molecule has 1 unspecified atom stereocenters. The van der Waals surface area contributed by atoms with E-state index in [-0.39, 0.29) is 17.8 Å². The van der Waals surface area contributed by atoms with E-state index in [1.807, 2.05) is 36.9 Å². The standard InChI is InChI=1S/C19H26FN5/c1-7-9-18(20)17(6)19-22-14(3)10-11-25(12-15(4)23-19)13-16(5)24-21-8-2/h7-8,10-12,18,21,24H,1-2,5-6,9,13H2,3-4H3. The van der Waals surface area contributed by atoms with Crippen LogP contribution in [0.5, 0.6) is 0 Å². The van der Waals surface area contributed by atoms with Crippen molar-refractivity contribution in [3.8, 4) is 0 Å². The summed E-state index contributed by atoms with van der Waals surface area (Å²) < 4.78 is 16.0. The summed E-state index contributed by atoms with van der Waals surface area (Å²) in [5.74, 6) is 0.289. The zero-order valence-corrected chi connectivity index (χ0v) is 14.9. The van der Waals surface area contributed by atoms with Crippen molar-refractivity contribution in [3.63, 3.8) is 0 Å². The van der Waals surface area contributed by atoms with Crippen molar-refractivity contribution in [2.24, 2.45) is 0 Å². The van der Waals surface area contributed by atoms with Crippen LogP contribution in [0.3, 0.4) is 0 Å². The van der Waals surface area contributed by atoms with Gasteiger partial charge >= 0.3 is 0 Å². The second-order valence-electron chi connectivity index (χ2n) is 5.54. The Balaban J connectivity index is 3.22. The third kappa shape index (κ3) is 7.03. The Bertz CT molecular complexity index is 704. The fourth-order valence-corrected chi connectivity index (χ4v) is 2.00. The first kappa shape index (κ1) is 20.2. The van der Waals surface area contributed by atoms with Gasteiger partial charge in [-0.15, -0.1) is 6.58 Å². The average Bonchev–Trinajstić information content (AvgIpc) is 2.62. The predicted octanol–water partition coefficient (Wildman–Crippen LogP) is 3.70. The van der Waals surface area contributed by atoms with Crippen LogP contribution in [-0.2, 0) is 6.54 Å². The molecular formula is C19H26FN5. The molecule has 0 saturated carbocycles. The van der Waals surface area contributed by atoms with Gasteiger partial charge in [0.2, 0.25) is 0 Å². The monoisotopic (exact) mass is 343 g/mol. The molecule has 1 atom stereocenters. The highest BCUT2D eigenvalue weighted by Crippen LogP contribution is 2.18. The highest BCUT2D eigenvalue weighted by molar-refractivity contribution is 5.60. The van der Waals surface area contributed by atoms with Crippen LogP contribution in [0.25, 0.3) is 5.57 Å². The number of nitrogens with zero attached hydrogens (tertiary/aromatic N) is 3. The third-order valence-electron chi connectivity index (χ3n) is 3.19. The quantitative estimate of drug-likeness (QED) is 0.530. The Hall–Kier alpha value is -2.89. The molecule has 0 aromatic carbocycles. The number of rotatable bonds is 9. The Labute approximate surface area is 149 Å². The first-order chi connectivity index (χ1) is 11.9. The minimum Gasteiger partial charge on any atom is -0.347 e. The van der Waals surface area contributed by atoms with Crippen LogP contribution < -0.4 is 10.9 Å². The number of halogens is 1. The van der Waals surface area contributed by atoms with E-state index < -0.39 is 6.17 Å². The second-order valence-corrected chi connectivity index (χ2v) is 5.54. The van der Waals surface area contributed by atoms with E-state index in [0.717, 1.165) is 5.70 Å². The summed E-state index contributed by atoms with van der Waals surface area (Å²) in [6, 6.07) is 1.83. The Morgan fingerprint density at radius 2 is 1.96 bits per heavy atom. The molecule has 0 spiro atoms. The number of nitrogens with one attached hydrogen (secondary N) is 2. The number of aryl methyl sites for hydroxylation is 2. The molecule has 1 heterocycles. The molecule has 0 radical (unpaired) electrons. The summed E-state index contributed by atoms with van der Waals surface area (Å²) in [5.41, 5.74) is 8.04. The van der Waals surface area contributed by atoms with E-state index in [1.54, 1.807) is 0 Å². The Morgan fingerprint density at radius 1 is 1.28 bits per heavy atom. The lowest BCUT2D eigenvalue weighted by Crippen LogP contribution is -2.27. The fourth-order valence-electron chi connectivity index (χ4n) is 2.00. The Kier molecular flexibility index (Phi) is 8.12. The van der Waals surface area contributed by atoms with Crippen LogP contribution in [-0.4, -0.2) is 20.7 Å². The molecule has 0 aliphatic carbocycles. The third-order valence-corrected chi connectivity index (χ3v) is 3.19. The largest absolute Gasteiger partial charge is 0.347 e. The van der Waals surface area contributed by atoms with Gasteiger partial charge in [-0.2, -0.15) is 0 Å². The molecule has 0 bridgehead atoms. The molecule has 1 aromatic heterocycles. The number of hydrogen-bond donors (Lipinski definition) is 2. The first-order valence-corrected chi connectivity index (χ1v) is 7.88. The van der Waals surface area contributed by atoms with Crippen LogP contribution in [0.2, 0.25) is 0 Å². The molecule has 5 nitrogen and oxygen atoms in total. The van der Waals surface area contributed by atoms with Gasteiger partial charge in [-0.05, 0) is 19.9 Å². The van der Waals surface area contributed by atoms with E-state index in [9.17, 15) is 4.39 Å². The minimum absolute atomic E-state index is 0.180. The molecule has 25 heavy (non-hydrogen) atoms. The van der Waals surface area contributed by atoms with Gasteiger partial charge < -0.3 is 15.4 Å². The summed E-state index contributed by atoms with van der Waals surface area (Å²) in [5, 5.41) is 0. The number of alkyl halides is 1. The van der Waals surface area contributed by atoms with Crippen LogP contribution >= 0.6 is 0 Å². The van der Waals surface area contributed by atoms with Crippen LogP contribution in [0.1, 0.15) is 23.6 Å². The maximum Gasteiger partial charge on any atom is 0.157 e. The number of hydrogen-bond acceptors (Lipinski definition) is 4. The van der Waals surface area contributed by atoms with Crippen molar-refractivity contribution in [2.75, 3.05) is 0 Å². The van der Waals surface area contributed by atoms with Crippen molar-refractivity contribution in [1.82, 2.24) is 25.4 Å². The molecule has 134 valence electrons. The number of allylic oxidation sites excluding steroid dienone is 3. The smallest absolute Gasteiger partial charge is 0.157 e. The fraction of sp³-hybridized carbons (Fsp3) is 0.263. The van der Waals surface area contributed by atoms with Crippen molar-refractivity contribution in [3.05, 3.63) is 80.0 Å². The van der Waals surface area contributed by atoms with Gasteiger partial charge in [0.05, 0.1) is 12.2 Å². The molecule has 0 aliphatic rings. The van der Waals surface area contributed by atoms with Crippen molar-refractivity contribution < 1.29 is 4.39 Å². The molecule has 1 aromatic rings. The maximum absolute atomic E-state index is 14.1. The highest BCUT2D eigenvalue weighted by Gasteiger charge is 2.13. The second kappa shape index (κ2) is 10.1. The zero-order valence-electron chi connectivity index (χ0n) is 14.9. The number of aromatic nitrogens is 3. The summed E-state index contributed by atoms with van der Waals surface area (Å²) in [4.78, 5) is 8.81. The molecule has 0 saturated heterocycles. The lowest BCUT2D eigenvalue weighted by atomic mass is 10.1. The summed E-state index contributed by atoms with van der Waals surface area (Å²) in [6.45, 7) is 19.0. The van der Waals surface area contributed by atoms with E-state index in [4.69, 9.17) is 0 Å². The van der Waals surface area contributed by atoms with Gasteiger partial charge in [0.1, 0.15) is 6.17 Å². The maximum atomic E-state index is 14.1. The predicted molar refractivity (Wildman–Crippen MR) is 101 cm³/mol. The van der Waals surface area contributed by atoms with Crippen molar-refractivity contribution >= 4 is 5.57 Å². The molecule has 2 N–H and O–H groups in total. The van der Waals surface area contributed by atoms with Gasteiger partial charge in [0.15, 0.2) is 5.82 Å². The molecule has 6 heteroatoms. The summed E-state index contributed by atoms with van der Waals surface area (Å²) in [6.07, 6.45) is 5.66. The minimum atomic E-state index is -1.25. The van der Waals surface area contributed by atoms with Gasteiger partial charge in [-0.1, -0.05) is 25.8 Å². The topological polar surface area (TPSA) is 54.8 Å². The van der Waals surface area contributed by atoms with E-state index in [0.29, 0.717) is 17.9 Å². The van der Waals surface area contributed by atoms with E-state index in [2.05, 4.69) is 47.1 Å². The summed E-state index contributed by atoms with van der Waals surface area (Å²) in [7, 11) is 0. The lowest BCUT2D eigenvalue weighted by Gasteiger charge is -2.10. The summed E-state index contributed by atoms with van der Waals surface area (Å²) >= 11 is 0. The van der Waals surface area contributed by atoms with Crippen molar-refractivity contribution in [2.45, 2.75) is 33.0 Å². The van der Waals surface area contributed by atoms with Gasteiger partial charge in [-0.3, -0.25) is 0 Å². The number of hydrazine groups is 1. The zero-order chi connectivity index (χ0) is 18.8. The molecule has 1 rings (SSSR count). The highest BCUT2D eigenvalue weighted by atomic mass is 19.1. The SMILES string of the molecule is C=CCC(F)C(=C)c1nc(C)ccn(CC(=C)NNC=C)cc(C)n1. The van der Waals surface area contributed by atoms with Crippen LogP contribution in [0.4, 0.5) is 4.39 Å². The molecule has 0 aliphatic heterocycles. The molecule has 0 fully saturated rings. The molecular weight excluding hydrogens is 317 g/mol. The first-order valence-electron chi connectivity index (χ1n) is 7.88. The van der Waals surface area contributed by atoms with E-state index >= 15 is 0 Å². The van der Waals surface area contributed by atoms with E-state index in [1.165, 1.54) is 12.3 Å². The van der Waals surface area contributed by atoms with Gasteiger partial charge in [0, 0.05) is 42.0 Å². The van der Waals surface area contributed by atoms with Crippen molar-refractivity contribution in [1.29, 1.82) is 0 Å². The molecule has 0 amide bonds. The average molecular weight is 343 g/mol. The normalized spacial score (nSPS) is 11.0. The van der Waals surface area contributed by atoms with Gasteiger partial charge in [-0.25, -0.2) is 14.4 Å². The van der Waals surface area contributed by atoms with Gasteiger partial charge in [0.25, 0.3) is 0 Å². The lowest BCUT2D eigenvalue weighted by molar-refractivity contribution is 0.414. The van der Waals surface area contributed by atoms with Crippen LogP contribution in [0.15, 0.2) is 62.7 Å². The Morgan fingerprint density at radius 3 is 2.60 bits per heavy atom.